The number of carbonyl (C=O) groups excluding carboxylic acids is 1. The van der Waals surface area contributed by atoms with E-state index in [9.17, 15) is 4.79 Å². The van der Waals surface area contributed by atoms with Crippen LogP contribution in [-0.4, -0.2) is 23.3 Å². The zero-order valence-corrected chi connectivity index (χ0v) is 6.04. The van der Waals surface area contributed by atoms with Gasteiger partial charge in [-0.25, -0.2) is 0 Å². The summed E-state index contributed by atoms with van der Waals surface area (Å²) >= 11 is 0. The van der Waals surface area contributed by atoms with Crippen molar-refractivity contribution in [2.45, 2.75) is 38.4 Å². The van der Waals surface area contributed by atoms with E-state index in [1.807, 2.05) is 6.92 Å². The molecule has 0 aromatic heterocycles. The fourth-order valence-corrected chi connectivity index (χ4v) is 1.13. The van der Waals surface area contributed by atoms with Gasteiger partial charge in [0, 0.05) is 0 Å². The fraction of sp³-hybridized carbons (Fsp3) is 0.857. The van der Waals surface area contributed by atoms with Crippen LogP contribution in [0.25, 0.3) is 0 Å². The van der Waals surface area contributed by atoms with Gasteiger partial charge in [-0.15, -0.1) is 0 Å². The molecular formula is C7H12O3. The monoisotopic (exact) mass is 144 g/mol. The fourth-order valence-electron chi connectivity index (χ4n) is 1.13. The van der Waals surface area contributed by atoms with Crippen molar-refractivity contribution < 1.29 is 14.6 Å². The second-order valence-corrected chi connectivity index (χ2v) is 2.59. The maximum atomic E-state index is 10.6. The van der Waals surface area contributed by atoms with E-state index in [2.05, 4.69) is 0 Å². The molecule has 1 heterocycles. The van der Waals surface area contributed by atoms with Gasteiger partial charge in [0.1, 0.15) is 12.2 Å². The van der Waals surface area contributed by atoms with E-state index >= 15 is 0 Å². The maximum Gasteiger partial charge on any atom is 0.308 e. The van der Waals surface area contributed by atoms with Gasteiger partial charge < -0.3 is 9.84 Å². The first kappa shape index (κ1) is 7.54. The van der Waals surface area contributed by atoms with E-state index in [0.717, 1.165) is 12.8 Å². The molecule has 1 saturated heterocycles. The van der Waals surface area contributed by atoms with Crippen LogP contribution < -0.4 is 0 Å². The number of cyclic esters (lactones) is 1. The Kier molecular flexibility index (Phi) is 2.27. The minimum absolute atomic E-state index is 0.171. The lowest BCUT2D eigenvalue weighted by atomic mass is 10.1. The third-order valence-corrected chi connectivity index (χ3v) is 1.66. The van der Waals surface area contributed by atoms with Crippen molar-refractivity contribution in [2.24, 2.45) is 0 Å². The van der Waals surface area contributed by atoms with E-state index in [1.165, 1.54) is 0 Å². The molecule has 0 radical (unpaired) electrons. The van der Waals surface area contributed by atoms with Crippen LogP contribution >= 0.6 is 0 Å². The van der Waals surface area contributed by atoms with E-state index in [1.54, 1.807) is 0 Å². The van der Waals surface area contributed by atoms with Crippen LogP contribution in [0, 0.1) is 0 Å². The van der Waals surface area contributed by atoms with Crippen LogP contribution in [0.3, 0.4) is 0 Å². The van der Waals surface area contributed by atoms with Crippen molar-refractivity contribution in [3.63, 3.8) is 0 Å². The summed E-state index contributed by atoms with van der Waals surface area (Å²) in [6, 6.07) is 0. The van der Waals surface area contributed by atoms with Crippen molar-refractivity contribution in [1.82, 2.24) is 0 Å². The standard InChI is InChI=1S/C7H12O3/c1-2-3-6-5(8)4-7(9)10-6/h5-6,8H,2-4H2,1H3. The highest BCUT2D eigenvalue weighted by molar-refractivity contribution is 5.72. The van der Waals surface area contributed by atoms with Gasteiger partial charge in [-0.2, -0.15) is 0 Å². The van der Waals surface area contributed by atoms with Crippen LogP contribution in [0.5, 0.6) is 0 Å². The molecule has 58 valence electrons. The summed E-state index contributed by atoms with van der Waals surface area (Å²) in [5.41, 5.74) is 0. The number of hydrogen-bond acceptors (Lipinski definition) is 3. The molecule has 0 aromatic carbocycles. The van der Waals surface area contributed by atoms with Gasteiger partial charge in [0.2, 0.25) is 0 Å². The lowest BCUT2D eigenvalue weighted by molar-refractivity contribution is -0.141. The van der Waals surface area contributed by atoms with Gasteiger partial charge in [0.25, 0.3) is 0 Å². The smallest absolute Gasteiger partial charge is 0.308 e. The first-order valence-electron chi connectivity index (χ1n) is 3.61. The maximum absolute atomic E-state index is 10.6. The lowest BCUT2D eigenvalue weighted by Gasteiger charge is -2.10. The average Bonchev–Trinajstić information content (AvgIpc) is 2.13. The van der Waals surface area contributed by atoms with Crippen molar-refractivity contribution in [3.05, 3.63) is 0 Å². The molecule has 3 nitrogen and oxygen atoms in total. The average molecular weight is 144 g/mol. The molecule has 1 rings (SSSR count). The molecule has 1 N–H and O–H groups in total. The summed E-state index contributed by atoms with van der Waals surface area (Å²) in [6.45, 7) is 2.00. The van der Waals surface area contributed by atoms with Gasteiger partial charge in [0.15, 0.2) is 0 Å². The quantitative estimate of drug-likeness (QED) is 0.573. The third-order valence-electron chi connectivity index (χ3n) is 1.66. The molecule has 0 saturated carbocycles. The van der Waals surface area contributed by atoms with Crippen LogP contribution in [-0.2, 0) is 9.53 Å². The molecule has 1 fully saturated rings. The van der Waals surface area contributed by atoms with Gasteiger partial charge in [-0.3, -0.25) is 4.79 Å². The van der Waals surface area contributed by atoms with Crippen molar-refractivity contribution in [2.75, 3.05) is 0 Å². The Morgan fingerprint density at radius 3 is 2.90 bits per heavy atom. The number of esters is 1. The van der Waals surface area contributed by atoms with Gasteiger partial charge in [0.05, 0.1) is 6.42 Å². The van der Waals surface area contributed by atoms with Crippen LogP contribution in [0.1, 0.15) is 26.2 Å². The molecule has 1 aliphatic rings. The van der Waals surface area contributed by atoms with Gasteiger partial charge >= 0.3 is 5.97 Å². The van der Waals surface area contributed by atoms with Crippen molar-refractivity contribution >= 4 is 5.97 Å². The van der Waals surface area contributed by atoms with Crippen LogP contribution in [0.4, 0.5) is 0 Å². The first-order chi connectivity index (χ1) is 4.74. The number of aliphatic hydroxyl groups excluding tert-OH is 1. The zero-order chi connectivity index (χ0) is 7.56. The Labute approximate surface area is 60.0 Å². The Hall–Kier alpha value is -0.570. The molecule has 2 unspecified atom stereocenters. The minimum atomic E-state index is -0.563. The van der Waals surface area contributed by atoms with E-state index in [4.69, 9.17) is 9.84 Å². The van der Waals surface area contributed by atoms with Gasteiger partial charge in [-0.1, -0.05) is 13.3 Å². The Bertz CT molecular complexity index is 133. The summed E-state index contributed by atoms with van der Waals surface area (Å²) in [6.07, 6.45) is 1.08. The molecule has 0 spiro atoms. The topological polar surface area (TPSA) is 46.5 Å². The molecule has 1 aliphatic heterocycles. The molecule has 10 heavy (non-hydrogen) atoms. The van der Waals surface area contributed by atoms with E-state index in [-0.39, 0.29) is 18.5 Å². The largest absolute Gasteiger partial charge is 0.460 e. The van der Waals surface area contributed by atoms with Crippen LogP contribution in [0.15, 0.2) is 0 Å². The molecule has 0 aliphatic carbocycles. The molecule has 0 bridgehead atoms. The lowest BCUT2D eigenvalue weighted by Crippen LogP contribution is -2.19. The highest BCUT2D eigenvalue weighted by Gasteiger charge is 2.31. The second kappa shape index (κ2) is 3.01. The summed E-state index contributed by atoms with van der Waals surface area (Å²) < 4.78 is 4.83. The molecule has 0 amide bonds. The molecular weight excluding hydrogens is 132 g/mol. The third kappa shape index (κ3) is 1.48. The number of ether oxygens (including phenoxy) is 1. The minimum Gasteiger partial charge on any atom is -0.460 e. The summed E-state index contributed by atoms with van der Waals surface area (Å²) in [4.78, 5) is 10.6. The molecule has 3 heteroatoms. The first-order valence-corrected chi connectivity index (χ1v) is 3.61. The number of aliphatic hydroxyl groups is 1. The number of carbonyl (C=O) groups is 1. The van der Waals surface area contributed by atoms with Crippen molar-refractivity contribution in [1.29, 1.82) is 0 Å². The Morgan fingerprint density at radius 1 is 1.80 bits per heavy atom. The SMILES string of the molecule is CCCC1OC(=O)CC1O. The Balaban J connectivity index is 2.38. The summed E-state index contributed by atoms with van der Waals surface area (Å²) in [5, 5.41) is 9.14. The summed E-state index contributed by atoms with van der Waals surface area (Å²) in [5.74, 6) is -0.272. The second-order valence-electron chi connectivity index (χ2n) is 2.59. The van der Waals surface area contributed by atoms with Gasteiger partial charge in [-0.05, 0) is 6.42 Å². The highest BCUT2D eigenvalue weighted by atomic mass is 16.6. The molecule has 0 aromatic rings. The van der Waals surface area contributed by atoms with E-state index in [0.29, 0.717) is 0 Å². The predicted octanol–water partition coefficient (Wildman–Crippen LogP) is 0.463. The summed E-state index contributed by atoms with van der Waals surface area (Å²) in [7, 11) is 0. The Morgan fingerprint density at radius 2 is 2.50 bits per heavy atom. The normalized spacial score (nSPS) is 32.4. The van der Waals surface area contributed by atoms with Crippen LogP contribution in [0.2, 0.25) is 0 Å². The van der Waals surface area contributed by atoms with Crippen molar-refractivity contribution in [3.8, 4) is 0 Å². The van der Waals surface area contributed by atoms with E-state index < -0.39 is 6.10 Å². The number of hydrogen-bond donors (Lipinski definition) is 1. The number of rotatable bonds is 2. The zero-order valence-electron chi connectivity index (χ0n) is 6.04. The molecule has 2 atom stereocenters. The predicted molar refractivity (Wildman–Crippen MR) is 35.4 cm³/mol. The highest BCUT2D eigenvalue weighted by Crippen LogP contribution is 2.18.